The van der Waals surface area contributed by atoms with Crippen LogP contribution in [-0.2, 0) is 4.74 Å². The third kappa shape index (κ3) is 3.88. The summed E-state index contributed by atoms with van der Waals surface area (Å²) in [6, 6.07) is 0.981. The van der Waals surface area contributed by atoms with Crippen molar-refractivity contribution in [1.29, 1.82) is 0 Å². The molecule has 0 bridgehead atoms. The number of amides is 1. The highest BCUT2D eigenvalue weighted by molar-refractivity contribution is 5.99. The first kappa shape index (κ1) is 14.8. The van der Waals surface area contributed by atoms with Gasteiger partial charge in [0.1, 0.15) is 12.0 Å². The summed E-state index contributed by atoms with van der Waals surface area (Å²) in [4.78, 5) is 26.0. The first-order chi connectivity index (χ1) is 8.99. The number of hydrogen-bond acceptors (Lipinski definition) is 6. The Kier molecular flexibility index (Phi) is 5.19. The van der Waals surface area contributed by atoms with Crippen molar-refractivity contribution in [2.45, 2.75) is 13.0 Å². The van der Waals surface area contributed by atoms with Gasteiger partial charge in [0, 0.05) is 26.3 Å². The minimum absolute atomic E-state index is 0.125. The van der Waals surface area contributed by atoms with E-state index in [4.69, 9.17) is 4.74 Å². The van der Waals surface area contributed by atoms with Gasteiger partial charge in [-0.3, -0.25) is 14.9 Å². The molecule has 0 saturated heterocycles. The Balaban J connectivity index is 2.99. The molecule has 0 saturated carbocycles. The van der Waals surface area contributed by atoms with Gasteiger partial charge >= 0.3 is 0 Å². The standard InChI is InChI=1S/C11H16N4O4/c1-7(6-19-3)14-11(16)9-4-8(15(17)18)5-13-10(9)12-2/h4-5,7H,6H2,1-3H3,(H,12,13)(H,14,16). The predicted octanol–water partition coefficient (Wildman–Crippen LogP) is 0.796. The van der Waals surface area contributed by atoms with E-state index in [1.54, 1.807) is 14.0 Å². The zero-order valence-corrected chi connectivity index (χ0v) is 11.0. The number of methoxy groups -OCH3 is 1. The van der Waals surface area contributed by atoms with Crippen molar-refractivity contribution in [3.63, 3.8) is 0 Å². The van der Waals surface area contributed by atoms with Gasteiger partial charge in [0.25, 0.3) is 11.6 Å². The molecule has 1 unspecified atom stereocenters. The number of nitrogens with zero attached hydrogens (tertiary/aromatic N) is 2. The number of hydrogen-bond donors (Lipinski definition) is 2. The lowest BCUT2D eigenvalue weighted by atomic mass is 10.2. The van der Waals surface area contributed by atoms with Crippen LogP contribution in [0.3, 0.4) is 0 Å². The molecule has 1 aromatic heterocycles. The summed E-state index contributed by atoms with van der Waals surface area (Å²) in [6.45, 7) is 2.12. The zero-order chi connectivity index (χ0) is 14.4. The third-order valence-electron chi connectivity index (χ3n) is 2.36. The van der Waals surface area contributed by atoms with E-state index in [2.05, 4.69) is 15.6 Å². The Hall–Kier alpha value is -2.22. The fourth-order valence-corrected chi connectivity index (χ4v) is 1.52. The van der Waals surface area contributed by atoms with Gasteiger partial charge in [-0.15, -0.1) is 0 Å². The van der Waals surface area contributed by atoms with Crippen LogP contribution < -0.4 is 10.6 Å². The molecule has 1 atom stereocenters. The van der Waals surface area contributed by atoms with E-state index in [1.165, 1.54) is 13.2 Å². The topological polar surface area (TPSA) is 106 Å². The molecule has 0 spiro atoms. The van der Waals surface area contributed by atoms with Crippen LogP contribution in [0.15, 0.2) is 12.3 Å². The van der Waals surface area contributed by atoms with Crippen LogP contribution in [0.1, 0.15) is 17.3 Å². The van der Waals surface area contributed by atoms with Gasteiger partial charge < -0.3 is 15.4 Å². The van der Waals surface area contributed by atoms with Gasteiger partial charge in [-0.1, -0.05) is 0 Å². The second kappa shape index (κ2) is 6.64. The first-order valence-corrected chi connectivity index (χ1v) is 5.61. The van der Waals surface area contributed by atoms with Crippen molar-refractivity contribution in [3.8, 4) is 0 Å². The molecular formula is C11H16N4O4. The number of nitrogens with one attached hydrogen (secondary N) is 2. The summed E-state index contributed by atoms with van der Waals surface area (Å²) in [7, 11) is 3.11. The fourth-order valence-electron chi connectivity index (χ4n) is 1.52. The second-order valence-electron chi connectivity index (χ2n) is 3.93. The largest absolute Gasteiger partial charge is 0.383 e. The van der Waals surface area contributed by atoms with Gasteiger partial charge in [-0.2, -0.15) is 0 Å². The van der Waals surface area contributed by atoms with Crippen LogP contribution in [0.2, 0.25) is 0 Å². The number of ether oxygens (including phenoxy) is 1. The highest BCUT2D eigenvalue weighted by Gasteiger charge is 2.18. The molecule has 8 heteroatoms. The van der Waals surface area contributed by atoms with E-state index >= 15 is 0 Å². The normalized spacial score (nSPS) is 11.7. The van der Waals surface area contributed by atoms with E-state index in [9.17, 15) is 14.9 Å². The molecule has 0 fully saturated rings. The molecule has 1 heterocycles. The number of pyridine rings is 1. The van der Waals surface area contributed by atoms with Gasteiger partial charge in [-0.25, -0.2) is 4.98 Å². The molecule has 1 aromatic rings. The Labute approximate surface area is 110 Å². The second-order valence-corrected chi connectivity index (χ2v) is 3.93. The highest BCUT2D eigenvalue weighted by atomic mass is 16.6. The van der Waals surface area contributed by atoms with Gasteiger partial charge in [-0.05, 0) is 6.92 Å². The molecule has 1 rings (SSSR count). The Bertz CT molecular complexity index is 478. The molecule has 19 heavy (non-hydrogen) atoms. The lowest BCUT2D eigenvalue weighted by Crippen LogP contribution is -2.36. The maximum Gasteiger partial charge on any atom is 0.288 e. The number of rotatable bonds is 6. The quantitative estimate of drug-likeness (QED) is 0.583. The van der Waals surface area contributed by atoms with Crippen molar-refractivity contribution >= 4 is 17.4 Å². The van der Waals surface area contributed by atoms with E-state index in [-0.39, 0.29) is 23.1 Å². The van der Waals surface area contributed by atoms with E-state index < -0.39 is 10.8 Å². The van der Waals surface area contributed by atoms with Crippen molar-refractivity contribution in [1.82, 2.24) is 10.3 Å². The molecule has 8 nitrogen and oxygen atoms in total. The molecule has 0 aliphatic heterocycles. The molecule has 0 radical (unpaired) electrons. The Morgan fingerprint density at radius 1 is 1.63 bits per heavy atom. The van der Waals surface area contributed by atoms with Crippen LogP contribution >= 0.6 is 0 Å². The Morgan fingerprint density at radius 3 is 2.84 bits per heavy atom. The molecule has 2 N–H and O–H groups in total. The lowest BCUT2D eigenvalue weighted by molar-refractivity contribution is -0.385. The van der Waals surface area contributed by atoms with Crippen molar-refractivity contribution in [3.05, 3.63) is 27.9 Å². The zero-order valence-electron chi connectivity index (χ0n) is 11.0. The summed E-state index contributed by atoms with van der Waals surface area (Å²) in [6.07, 6.45) is 1.10. The van der Waals surface area contributed by atoms with Crippen LogP contribution in [0.25, 0.3) is 0 Å². The third-order valence-corrected chi connectivity index (χ3v) is 2.36. The lowest BCUT2D eigenvalue weighted by Gasteiger charge is -2.14. The minimum Gasteiger partial charge on any atom is -0.383 e. The fraction of sp³-hybridized carbons (Fsp3) is 0.455. The number of aromatic nitrogens is 1. The molecule has 1 amide bonds. The SMILES string of the molecule is CNc1ncc([N+](=O)[O-])cc1C(=O)NC(C)COC. The number of carbonyl (C=O) groups excluding carboxylic acids is 1. The van der Waals surface area contributed by atoms with Crippen molar-refractivity contribution in [2.75, 3.05) is 26.1 Å². The van der Waals surface area contributed by atoms with Crippen molar-refractivity contribution in [2.24, 2.45) is 0 Å². The molecule has 104 valence electrons. The maximum atomic E-state index is 12.0. The van der Waals surface area contributed by atoms with Gasteiger partial charge in [0.05, 0.1) is 17.1 Å². The highest BCUT2D eigenvalue weighted by Crippen LogP contribution is 2.18. The molecule has 0 aliphatic rings. The summed E-state index contributed by atoms with van der Waals surface area (Å²) >= 11 is 0. The number of anilines is 1. The molecule has 0 aliphatic carbocycles. The average Bonchev–Trinajstić information content (AvgIpc) is 2.37. The van der Waals surface area contributed by atoms with Crippen LogP contribution in [0.4, 0.5) is 11.5 Å². The molecular weight excluding hydrogens is 252 g/mol. The number of carbonyl (C=O) groups is 1. The predicted molar refractivity (Wildman–Crippen MR) is 69.2 cm³/mol. The first-order valence-electron chi connectivity index (χ1n) is 5.61. The summed E-state index contributed by atoms with van der Waals surface area (Å²) in [5.41, 5.74) is -0.108. The summed E-state index contributed by atoms with van der Waals surface area (Å²) in [5.74, 6) is -0.155. The Morgan fingerprint density at radius 2 is 2.32 bits per heavy atom. The summed E-state index contributed by atoms with van der Waals surface area (Å²) in [5, 5.41) is 16.1. The minimum atomic E-state index is -0.595. The smallest absolute Gasteiger partial charge is 0.288 e. The number of nitro groups is 1. The van der Waals surface area contributed by atoms with Gasteiger partial charge in [0.15, 0.2) is 0 Å². The van der Waals surface area contributed by atoms with Crippen LogP contribution in [0, 0.1) is 10.1 Å². The van der Waals surface area contributed by atoms with Crippen LogP contribution in [0.5, 0.6) is 0 Å². The van der Waals surface area contributed by atoms with E-state index in [1.807, 2.05) is 0 Å². The van der Waals surface area contributed by atoms with Gasteiger partial charge in [0.2, 0.25) is 0 Å². The van der Waals surface area contributed by atoms with Crippen LogP contribution in [-0.4, -0.2) is 42.6 Å². The average molecular weight is 268 g/mol. The molecule has 0 aromatic carbocycles. The van der Waals surface area contributed by atoms with Crippen molar-refractivity contribution < 1.29 is 14.5 Å². The summed E-state index contributed by atoms with van der Waals surface area (Å²) < 4.78 is 4.90. The maximum absolute atomic E-state index is 12.0. The van der Waals surface area contributed by atoms with E-state index in [0.29, 0.717) is 6.61 Å². The van der Waals surface area contributed by atoms with E-state index in [0.717, 1.165) is 6.20 Å². The monoisotopic (exact) mass is 268 g/mol.